The van der Waals surface area contributed by atoms with E-state index in [1.54, 1.807) is 7.11 Å². The van der Waals surface area contributed by atoms with Gasteiger partial charge in [0, 0.05) is 12.7 Å². The first-order chi connectivity index (χ1) is 9.17. The number of hydrogen-bond acceptors (Lipinski definition) is 3. The number of methoxy groups -OCH3 is 1. The van der Waals surface area contributed by atoms with E-state index in [-0.39, 0.29) is 6.10 Å². The Kier molecular flexibility index (Phi) is 5.43. The fourth-order valence-corrected chi connectivity index (χ4v) is 3.45. The number of nitrogens with zero attached hydrogens (tertiary/aromatic N) is 2. The van der Waals surface area contributed by atoms with Gasteiger partial charge in [-0.15, -0.1) is 0 Å². The smallest absolute Gasteiger partial charge is 0.160 e. The topological polar surface area (TPSA) is 35.0 Å². The van der Waals surface area contributed by atoms with Crippen molar-refractivity contribution in [3.63, 3.8) is 0 Å². The van der Waals surface area contributed by atoms with Crippen molar-refractivity contribution in [1.82, 2.24) is 9.97 Å². The molecule has 0 spiro atoms. The molecule has 0 bridgehead atoms. The van der Waals surface area contributed by atoms with Gasteiger partial charge in [-0.25, -0.2) is 9.97 Å². The molecule has 3 nitrogen and oxygen atoms in total. The first kappa shape index (κ1) is 15.0. The zero-order valence-corrected chi connectivity index (χ0v) is 13.0. The van der Waals surface area contributed by atoms with Gasteiger partial charge in [0.2, 0.25) is 0 Å². The molecule has 1 heterocycles. The van der Waals surface area contributed by atoms with E-state index in [0.717, 1.165) is 31.2 Å². The SMILES string of the molecule is CCCC(OC)c1nc(Cl)c(C2CCCC2)c(Cl)n1. The Morgan fingerprint density at radius 1 is 1.21 bits per heavy atom. The Morgan fingerprint density at radius 2 is 1.79 bits per heavy atom. The first-order valence-corrected chi connectivity index (χ1v) is 7.68. The third-order valence-corrected chi connectivity index (χ3v) is 4.33. The molecule has 0 saturated heterocycles. The third-order valence-electron chi connectivity index (χ3n) is 3.76. The largest absolute Gasteiger partial charge is 0.373 e. The van der Waals surface area contributed by atoms with Crippen LogP contribution in [0.15, 0.2) is 0 Å². The first-order valence-electron chi connectivity index (χ1n) is 6.93. The van der Waals surface area contributed by atoms with Crippen molar-refractivity contribution in [1.29, 1.82) is 0 Å². The molecule has 1 aromatic rings. The van der Waals surface area contributed by atoms with E-state index < -0.39 is 0 Å². The molecule has 1 atom stereocenters. The normalized spacial score (nSPS) is 17.9. The van der Waals surface area contributed by atoms with Crippen molar-refractivity contribution in [2.45, 2.75) is 57.5 Å². The van der Waals surface area contributed by atoms with Crippen molar-refractivity contribution in [2.75, 3.05) is 7.11 Å². The lowest BCUT2D eigenvalue weighted by Gasteiger charge is -2.17. The third kappa shape index (κ3) is 3.39. The minimum Gasteiger partial charge on any atom is -0.373 e. The summed E-state index contributed by atoms with van der Waals surface area (Å²) in [5.41, 5.74) is 0.927. The van der Waals surface area contributed by atoms with E-state index in [2.05, 4.69) is 16.9 Å². The predicted molar refractivity (Wildman–Crippen MR) is 77.9 cm³/mol. The fraction of sp³-hybridized carbons (Fsp3) is 0.714. The van der Waals surface area contributed by atoms with Crippen LogP contribution in [-0.2, 0) is 4.74 Å². The summed E-state index contributed by atoms with van der Waals surface area (Å²) in [7, 11) is 1.66. The summed E-state index contributed by atoms with van der Waals surface area (Å²) in [6.45, 7) is 2.10. The van der Waals surface area contributed by atoms with E-state index in [0.29, 0.717) is 22.0 Å². The fourth-order valence-electron chi connectivity index (χ4n) is 2.74. The Bertz CT molecular complexity index is 410. The van der Waals surface area contributed by atoms with Gasteiger partial charge in [0.25, 0.3) is 0 Å². The molecule has 0 N–H and O–H groups in total. The molecule has 1 aliphatic carbocycles. The Hall–Kier alpha value is -0.380. The lowest BCUT2D eigenvalue weighted by molar-refractivity contribution is 0.0875. The van der Waals surface area contributed by atoms with Crippen LogP contribution in [-0.4, -0.2) is 17.1 Å². The van der Waals surface area contributed by atoms with E-state index in [1.165, 1.54) is 12.8 Å². The van der Waals surface area contributed by atoms with Crippen molar-refractivity contribution < 1.29 is 4.74 Å². The monoisotopic (exact) mass is 302 g/mol. The van der Waals surface area contributed by atoms with Crippen LogP contribution in [0, 0.1) is 0 Å². The molecular weight excluding hydrogens is 283 g/mol. The second-order valence-electron chi connectivity index (χ2n) is 5.07. The summed E-state index contributed by atoms with van der Waals surface area (Å²) in [4.78, 5) is 8.83. The van der Waals surface area contributed by atoms with Crippen LogP contribution in [0.25, 0.3) is 0 Å². The zero-order chi connectivity index (χ0) is 13.8. The van der Waals surface area contributed by atoms with Crippen LogP contribution < -0.4 is 0 Å². The molecule has 5 heteroatoms. The molecule has 0 radical (unpaired) electrons. The van der Waals surface area contributed by atoms with Crippen molar-refractivity contribution in [2.24, 2.45) is 0 Å². The van der Waals surface area contributed by atoms with Crippen LogP contribution in [0.5, 0.6) is 0 Å². The number of halogens is 2. The van der Waals surface area contributed by atoms with Crippen LogP contribution in [0.3, 0.4) is 0 Å². The molecule has 2 rings (SSSR count). The van der Waals surface area contributed by atoms with Gasteiger partial charge in [-0.1, -0.05) is 49.4 Å². The maximum absolute atomic E-state index is 6.32. The van der Waals surface area contributed by atoms with E-state index in [1.807, 2.05) is 0 Å². The Morgan fingerprint density at radius 3 is 2.26 bits per heavy atom. The van der Waals surface area contributed by atoms with Gasteiger partial charge in [0.05, 0.1) is 0 Å². The van der Waals surface area contributed by atoms with E-state index >= 15 is 0 Å². The average Bonchev–Trinajstić information content (AvgIpc) is 2.88. The Labute approximate surface area is 124 Å². The minimum atomic E-state index is -0.127. The van der Waals surface area contributed by atoms with Crippen molar-refractivity contribution in [3.8, 4) is 0 Å². The molecular formula is C14H20Cl2N2O. The van der Waals surface area contributed by atoms with Gasteiger partial charge < -0.3 is 4.74 Å². The average molecular weight is 303 g/mol. The minimum absolute atomic E-state index is 0.127. The predicted octanol–water partition coefficient (Wildman–Crippen LogP) is 4.93. The molecule has 1 aliphatic rings. The van der Waals surface area contributed by atoms with Crippen LogP contribution in [0.1, 0.15) is 68.9 Å². The molecule has 1 saturated carbocycles. The standard InChI is InChI=1S/C14H20Cl2N2O/c1-3-6-10(19-2)14-17-12(15)11(13(16)18-14)9-7-4-5-8-9/h9-10H,3-8H2,1-2H3. The lowest BCUT2D eigenvalue weighted by atomic mass is 10.0. The molecule has 0 aliphatic heterocycles. The maximum atomic E-state index is 6.32. The van der Waals surface area contributed by atoms with Gasteiger partial charge in [0.1, 0.15) is 16.4 Å². The van der Waals surface area contributed by atoms with Gasteiger partial charge >= 0.3 is 0 Å². The molecule has 0 aromatic carbocycles. The van der Waals surface area contributed by atoms with Gasteiger partial charge in [-0.2, -0.15) is 0 Å². The quantitative estimate of drug-likeness (QED) is 0.723. The number of rotatable bonds is 5. The summed E-state index contributed by atoms with van der Waals surface area (Å²) in [5, 5.41) is 1.00. The second-order valence-corrected chi connectivity index (χ2v) is 5.79. The molecule has 1 aromatic heterocycles. The van der Waals surface area contributed by atoms with Crippen LogP contribution in [0.4, 0.5) is 0 Å². The van der Waals surface area contributed by atoms with Crippen molar-refractivity contribution >= 4 is 23.2 Å². The summed E-state index contributed by atoms with van der Waals surface area (Å²) in [6, 6.07) is 0. The van der Waals surface area contributed by atoms with E-state index in [9.17, 15) is 0 Å². The lowest BCUT2D eigenvalue weighted by Crippen LogP contribution is -2.10. The van der Waals surface area contributed by atoms with Gasteiger partial charge in [-0.05, 0) is 25.2 Å². The van der Waals surface area contributed by atoms with Crippen LogP contribution in [0.2, 0.25) is 10.3 Å². The van der Waals surface area contributed by atoms with Gasteiger partial charge in [0.15, 0.2) is 5.82 Å². The van der Waals surface area contributed by atoms with Gasteiger partial charge in [-0.3, -0.25) is 0 Å². The molecule has 19 heavy (non-hydrogen) atoms. The molecule has 1 fully saturated rings. The number of ether oxygens (including phenoxy) is 1. The van der Waals surface area contributed by atoms with E-state index in [4.69, 9.17) is 27.9 Å². The van der Waals surface area contributed by atoms with Crippen molar-refractivity contribution in [3.05, 3.63) is 21.7 Å². The highest BCUT2D eigenvalue weighted by atomic mass is 35.5. The highest BCUT2D eigenvalue weighted by Crippen LogP contribution is 2.40. The molecule has 106 valence electrons. The Balaban J connectivity index is 2.29. The maximum Gasteiger partial charge on any atom is 0.160 e. The summed E-state index contributed by atoms with van der Waals surface area (Å²) in [5.74, 6) is 1.02. The number of aromatic nitrogens is 2. The summed E-state index contributed by atoms with van der Waals surface area (Å²) < 4.78 is 5.41. The summed E-state index contributed by atoms with van der Waals surface area (Å²) in [6.07, 6.45) is 6.46. The number of hydrogen-bond donors (Lipinski definition) is 0. The second kappa shape index (κ2) is 6.87. The molecule has 0 amide bonds. The zero-order valence-electron chi connectivity index (χ0n) is 11.5. The molecule has 1 unspecified atom stereocenters. The summed E-state index contributed by atoms with van der Waals surface area (Å²) >= 11 is 12.6. The van der Waals surface area contributed by atoms with Crippen LogP contribution >= 0.6 is 23.2 Å². The highest BCUT2D eigenvalue weighted by Gasteiger charge is 2.25. The highest BCUT2D eigenvalue weighted by molar-refractivity contribution is 6.34.